The molecule has 4 rings (SSSR count). The van der Waals surface area contributed by atoms with Crippen molar-refractivity contribution in [2.75, 3.05) is 0 Å². The van der Waals surface area contributed by atoms with Crippen molar-refractivity contribution in [1.29, 1.82) is 0 Å². The number of benzene rings is 3. The maximum Gasteiger partial charge on any atom is 0.0728 e. The maximum atomic E-state index is 2.54. The molecule has 0 saturated heterocycles. The van der Waals surface area contributed by atoms with Crippen molar-refractivity contribution >= 4 is 8.07 Å². The normalized spacial score (nSPS) is 14.4. The summed E-state index contributed by atoms with van der Waals surface area (Å²) in [6, 6.07) is 27.3. The quantitative estimate of drug-likeness (QED) is 0.288. The molecule has 1 heteroatoms. The number of aryl methyl sites for hydroxylation is 3. The average Bonchev–Trinajstić information content (AvgIpc) is 3.20. The molecule has 158 valence electrons. The number of rotatable bonds is 5. The summed E-state index contributed by atoms with van der Waals surface area (Å²) in [7, 11) is -1.37. The number of hydrogen-bond donors (Lipinski definition) is 0. The highest BCUT2D eigenvalue weighted by Gasteiger charge is 2.41. The molecule has 0 saturated carbocycles. The lowest BCUT2D eigenvalue weighted by molar-refractivity contribution is 0.741. The Morgan fingerprint density at radius 2 is 1.06 bits per heavy atom. The molecule has 31 heavy (non-hydrogen) atoms. The van der Waals surface area contributed by atoms with Crippen LogP contribution in [0.4, 0.5) is 0 Å². The number of allylic oxidation sites excluding steroid dienone is 4. The Hall–Kier alpha value is -2.64. The Labute approximate surface area is 189 Å². The minimum Gasteiger partial charge on any atom is -0.0770 e. The van der Waals surface area contributed by atoms with E-state index >= 15 is 0 Å². The summed E-state index contributed by atoms with van der Waals surface area (Å²) in [5, 5.41) is 1.64. The smallest absolute Gasteiger partial charge is 0.0728 e. The van der Waals surface area contributed by atoms with Crippen LogP contribution in [0.25, 0.3) is 0 Å². The molecule has 0 amide bonds. The maximum absolute atomic E-state index is 2.54. The van der Waals surface area contributed by atoms with E-state index in [0.717, 1.165) is 6.42 Å². The predicted octanol–water partition coefficient (Wildman–Crippen LogP) is 8.08. The first kappa shape index (κ1) is 21.6. The van der Waals surface area contributed by atoms with Gasteiger partial charge in [-0.05, 0) is 49.5 Å². The van der Waals surface area contributed by atoms with E-state index in [-0.39, 0.29) is 5.41 Å². The minimum atomic E-state index is -1.37. The van der Waals surface area contributed by atoms with E-state index in [9.17, 15) is 0 Å². The zero-order valence-electron chi connectivity index (χ0n) is 19.8. The summed E-state index contributed by atoms with van der Waals surface area (Å²) < 4.78 is 0. The van der Waals surface area contributed by atoms with Crippen molar-refractivity contribution < 1.29 is 0 Å². The van der Waals surface area contributed by atoms with Crippen molar-refractivity contribution in [3.05, 3.63) is 129 Å². The van der Waals surface area contributed by atoms with E-state index in [0.29, 0.717) is 0 Å². The van der Waals surface area contributed by atoms with E-state index in [2.05, 4.69) is 125 Å². The van der Waals surface area contributed by atoms with Gasteiger partial charge in [0.2, 0.25) is 0 Å². The van der Waals surface area contributed by atoms with Crippen molar-refractivity contribution in [1.82, 2.24) is 0 Å². The third kappa shape index (κ3) is 3.99. The second-order valence-electron chi connectivity index (χ2n) is 10.1. The molecule has 0 aromatic heterocycles. The highest BCUT2D eigenvalue weighted by Crippen LogP contribution is 2.49. The van der Waals surface area contributed by atoms with Gasteiger partial charge >= 0.3 is 0 Å². The molecule has 0 nitrogen and oxygen atoms in total. The van der Waals surface area contributed by atoms with Crippen molar-refractivity contribution in [2.45, 2.75) is 52.2 Å². The Morgan fingerprint density at radius 3 is 1.39 bits per heavy atom. The van der Waals surface area contributed by atoms with E-state index < -0.39 is 8.07 Å². The molecule has 3 aromatic carbocycles. The van der Waals surface area contributed by atoms with Crippen LogP contribution in [-0.2, 0) is 5.41 Å². The molecule has 0 fully saturated rings. The van der Waals surface area contributed by atoms with Crippen LogP contribution in [0.3, 0.4) is 0 Å². The first-order valence-electron chi connectivity index (χ1n) is 11.3. The summed E-state index contributed by atoms with van der Waals surface area (Å²) >= 11 is 0. The fourth-order valence-corrected chi connectivity index (χ4v) is 6.25. The topological polar surface area (TPSA) is 0 Å². The highest BCUT2D eigenvalue weighted by atomic mass is 28.3. The van der Waals surface area contributed by atoms with Crippen LogP contribution in [-0.4, -0.2) is 8.07 Å². The van der Waals surface area contributed by atoms with Crippen LogP contribution >= 0.6 is 0 Å². The first-order chi connectivity index (χ1) is 14.7. The fourth-order valence-electron chi connectivity index (χ4n) is 4.94. The standard InChI is InChI=1S/C30H34Si/c1-22-10-7-13-25(18-22)30(26-14-8-11-23(2)19-26,27-15-9-12-24(3)20-27)28-16-17-29(21-28)31(4,5)6/h7-16,18-21H,17H2,1-6H3. The summed E-state index contributed by atoms with van der Waals surface area (Å²) in [5.74, 6) is 0. The van der Waals surface area contributed by atoms with Gasteiger partial charge in [-0.25, -0.2) is 0 Å². The third-order valence-electron chi connectivity index (χ3n) is 6.62. The van der Waals surface area contributed by atoms with Crippen LogP contribution < -0.4 is 0 Å². The summed E-state index contributed by atoms with van der Waals surface area (Å²) in [6.07, 6.45) is 6.12. The van der Waals surface area contributed by atoms with Gasteiger partial charge in [-0.15, -0.1) is 0 Å². The van der Waals surface area contributed by atoms with Crippen LogP contribution in [0.1, 0.15) is 39.8 Å². The molecule has 0 unspecified atom stereocenters. The monoisotopic (exact) mass is 422 g/mol. The molecule has 1 aliphatic carbocycles. The molecule has 0 aliphatic heterocycles. The van der Waals surface area contributed by atoms with Crippen LogP contribution in [0.15, 0.2) is 95.7 Å². The van der Waals surface area contributed by atoms with Gasteiger partial charge < -0.3 is 0 Å². The largest absolute Gasteiger partial charge is 0.0770 e. The fraction of sp³-hybridized carbons (Fsp3) is 0.267. The van der Waals surface area contributed by atoms with Crippen LogP contribution in [0, 0.1) is 20.8 Å². The van der Waals surface area contributed by atoms with Gasteiger partial charge in [-0.2, -0.15) is 0 Å². The first-order valence-corrected chi connectivity index (χ1v) is 14.8. The SMILES string of the molecule is Cc1cccc(C(C2=CCC([Si](C)(C)C)=C2)(c2cccc(C)c2)c2cccc(C)c2)c1. The molecule has 0 spiro atoms. The average molecular weight is 423 g/mol. The van der Waals surface area contributed by atoms with E-state index in [1.807, 2.05) is 0 Å². The summed E-state index contributed by atoms with van der Waals surface area (Å²) in [4.78, 5) is 0. The summed E-state index contributed by atoms with van der Waals surface area (Å²) in [6.45, 7) is 14.0. The van der Waals surface area contributed by atoms with Gasteiger partial charge in [0.15, 0.2) is 0 Å². The second-order valence-corrected chi connectivity index (χ2v) is 15.3. The zero-order chi connectivity index (χ0) is 22.2. The zero-order valence-corrected chi connectivity index (χ0v) is 20.8. The van der Waals surface area contributed by atoms with Crippen molar-refractivity contribution in [3.63, 3.8) is 0 Å². The molecule has 1 aliphatic rings. The molecular formula is C30H34Si. The van der Waals surface area contributed by atoms with Crippen molar-refractivity contribution in [3.8, 4) is 0 Å². The molecular weight excluding hydrogens is 388 g/mol. The molecule has 3 aromatic rings. The van der Waals surface area contributed by atoms with Gasteiger partial charge in [-0.3, -0.25) is 0 Å². The molecule has 0 radical (unpaired) electrons. The van der Waals surface area contributed by atoms with Gasteiger partial charge in [0.25, 0.3) is 0 Å². The molecule has 0 atom stereocenters. The second kappa shape index (κ2) is 8.13. The van der Waals surface area contributed by atoms with E-state index in [1.54, 1.807) is 5.20 Å². The van der Waals surface area contributed by atoms with Gasteiger partial charge in [-0.1, -0.05) is 126 Å². The Kier molecular flexibility index (Phi) is 5.66. The number of hydrogen-bond acceptors (Lipinski definition) is 0. The molecule has 0 heterocycles. The van der Waals surface area contributed by atoms with Crippen LogP contribution in [0.5, 0.6) is 0 Å². The Bertz CT molecular complexity index is 1060. The Morgan fingerprint density at radius 1 is 0.645 bits per heavy atom. The van der Waals surface area contributed by atoms with Gasteiger partial charge in [0, 0.05) is 0 Å². The lowest BCUT2D eigenvalue weighted by Gasteiger charge is -2.38. The highest BCUT2D eigenvalue weighted by molar-refractivity contribution is 6.83. The van der Waals surface area contributed by atoms with Gasteiger partial charge in [0.1, 0.15) is 0 Å². The van der Waals surface area contributed by atoms with Crippen LogP contribution in [0.2, 0.25) is 19.6 Å². The molecule has 0 bridgehead atoms. The van der Waals surface area contributed by atoms with Gasteiger partial charge in [0.05, 0.1) is 13.5 Å². The molecule has 0 N–H and O–H groups in total. The lowest BCUT2D eigenvalue weighted by Crippen LogP contribution is -2.31. The van der Waals surface area contributed by atoms with Crippen molar-refractivity contribution in [2.24, 2.45) is 0 Å². The van der Waals surface area contributed by atoms with E-state index in [1.165, 1.54) is 39.0 Å². The lowest BCUT2D eigenvalue weighted by atomic mass is 9.64. The predicted molar refractivity (Wildman–Crippen MR) is 138 cm³/mol. The Balaban J connectivity index is 2.11. The summed E-state index contributed by atoms with van der Waals surface area (Å²) in [5.41, 5.74) is 9.06. The minimum absolute atomic E-state index is 0.314. The third-order valence-corrected chi connectivity index (χ3v) is 8.90. The van der Waals surface area contributed by atoms with E-state index in [4.69, 9.17) is 0 Å².